The van der Waals surface area contributed by atoms with Crippen molar-refractivity contribution in [3.8, 4) is 11.5 Å². The zero-order valence-corrected chi connectivity index (χ0v) is 19.3. The largest absolute Gasteiger partial charge is 0.497 e. The number of nitrogens with zero attached hydrogens (tertiary/aromatic N) is 2. The van der Waals surface area contributed by atoms with Crippen molar-refractivity contribution in [3.63, 3.8) is 0 Å². The highest BCUT2D eigenvalue weighted by Crippen LogP contribution is 2.34. The molecule has 0 spiro atoms. The summed E-state index contributed by atoms with van der Waals surface area (Å²) in [6.07, 6.45) is 1.92. The van der Waals surface area contributed by atoms with Gasteiger partial charge in [0.25, 0.3) is 5.91 Å². The lowest BCUT2D eigenvalue weighted by Gasteiger charge is -2.24. The van der Waals surface area contributed by atoms with E-state index in [-0.39, 0.29) is 17.7 Å². The Balaban J connectivity index is 1.37. The minimum Gasteiger partial charge on any atom is -0.497 e. The second kappa shape index (κ2) is 9.59. The Hall–Kier alpha value is -3.80. The average molecular weight is 457 g/mol. The number of rotatable bonds is 6. The van der Waals surface area contributed by atoms with E-state index in [1.165, 1.54) is 0 Å². The summed E-state index contributed by atoms with van der Waals surface area (Å²) in [6, 6.07) is 23.0. The topological polar surface area (TPSA) is 59.1 Å². The van der Waals surface area contributed by atoms with Gasteiger partial charge >= 0.3 is 0 Å². The summed E-state index contributed by atoms with van der Waals surface area (Å²) in [6.45, 7) is 1.88. The van der Waals surface area contributed by atoms with Crippen LogP contribution in [-0.4, -0.2) is 37.0 Å². The van der Waals surface area contributed by atoms with Crippen LogP contribution in [0, 0.1) is 5.92 Å². The molecule has 0 aromatic heterocycles. The van der Waals surface area contributed by atoms with Crippen LogP contribution in [0.15, 0.2) is 72.8 Å². The van der Waals surface area contributed by atoms with Crippen molar-refractivity contribution in [2.24, 2.45) is 5.92 Å². The third-order valence-electron chi connectivity index (χ3n) is 6.33. The molecule has 0 unspecified atom stereocenters. The molecule has 5 rings (SSSR count). The van der Waals surface area contributed by atoms with Crippen LogP contribution in [0.2, 0.25) is 0 Å². The maximum atomic E-state index is 13.2. The molecule has 1 fully saturated rings. The lowest BCUT2D eigenvalue weighted by atomic mass is 10.1. The number of hydrogen-bond donors (Lipinski definition) is 0. The Morgan fingerprint density at radius 2 is 1.79 bits per heavy atom. The molecule has 6 nitrogen and oxygen atoms in total. The molecule has 174 valence electrons. The van der Waals surface area contributed by atoms with Crippen LogP contribution in [0.5, 0.6) is 11.5 Å². The van der Waals surface area contributed by atoms with Crippen LogP contribution in [0.25, 0.3) is 0 Å². The van der Waals surface area contributed by atoms with Crippen molar-refractivity contribution in [1.82, 2.24) is 4.90 Å². The highest BCUT2D eigenvalue weighted by molar-refractivity contribution is 5.96. The molecular formula is C28H28N2O4. The van der Waals surface area contributed by atoms with Gasteiger partial charge in [0.1, 0.15) is 18.1 Å². The number of para-hydroxylation sites is 1. The Morgan fingerprint density at radius 3 is 2.50 bits per heavy atom. The standard InChI is InChI=1S/C28H28N2O4/c1-33-25-12-10-21(11-13-25)27(31)29-15-16-34-26-14-7-20(17-23(26)19-29)18-30(28(32)22-8-9-22)24-5-3-2-4-6-24/h2-7,10-14,17,22H,8-9,15-16,18-19H2,1H3. The van der Waals surface area contributed by atoms with Gasteiger partial charge in [-0.3, -0.25) is 9.59 Å². The Bertz CT molecular complexity index is 1170. The smallest absolute Gasteiger partial charge is 0.254 e. The molecule has 1 heterocycles. The number of amides is 2. The van der Waals surface area contributed by atoms with E-state index in [0.717, 1.165) is 41.2 Å². The SMILES string of the molecule is COc1ccc(C(=O)N2CCOc3ccc(CN(C(=O)C4CC4)c4ccccc4)cc3C2)cc1. The van der Waals surface area contributed by atoms with E-state index >= 15 is 0 Å². The molecule has 0 bridgehead atoms. The molecule has 0 N–H and O–H groups in total. The molecule has 3 aromatic carbocycles. The monoisotopic (exact) mass is 456 g/mol. The number of methoxy groups -OCH3 is 1. The van der Waals surface area contributed by atoms with Crippen molar-refractivity contribution in [3.05, 3.63) is 89.5 Å². The Morgan fingerprint density at radius 1 is 1.03 bits per heavy atom. The normalized spacial score (nSPS) is 15.0. The number of hydrogen-bond acceptors (Lipinski definition) is 4. The molecule has 0 saturated heterocycles. The van der Waals surface area contributed by atoms with Gasteiger partial charge in [-0.05, 0) is 66.9 Å². The van der Waals surface area contributed by atoms with Gasteiger partial charge in [0.2, 0.25) is 5.91 Å². The predicted octanol–water partition coefficient (Wildman–Crippen LogP) is 4.67. The molecule has 0 radical (unpaired) electrons. The van der Waals surface area contributed by atoms with Gasteiger partial charge in [0, 0.05) is 29.3 Å². The fourth-order valence-electron chi connectivity index (χ4n) is 4.27. The molecule has 1 aliphatic heterocycles. The lowest BCUT2D eigenvalue weighted by molar-refractivity contribution is -0.119. The first kappa shape index (κ1) is 22.0. The molecule has 6 heteroatoms. The number of fused-ring (bicyclic) bond motifs is 1. The molecule has 2 amide bonds. The van der Waals surface area contributed by atoms with E-state index in [9.17, 15) is 9.59 Å². The van der Waals surface area contributed by atoms with Gasteiger partial charge in [0.05, 0.1) is 20.2 Å². The van der Waals surface area contributed by atoms with Crippen molar-refractivity contribution in [2.75, 3.05) is 25.2 Å². The zero-order valence-electron chi connectivity index (χ0n) is 19.3. The van der Waals surface area contributed by atoms with Gasteiger partial charge in [-0.25, -0.2) is 0 Å². The second-order valence-electron chi connectivity index (χ2n) is 8.78. The third kappa shape index (κ3) is 4.76. The number of benzene rings is 3. The van der Waals surface area contributed by atoms with Crippen LogP contribution in [0.3, 0.4) is 0 Å². The summed E-state index contributed by atoms with van der Waals surface area (Å²) >= 11 is 0. The predicted molar refractivity (Wildman–Crippen MR) is 130 cm³/mol. The van der Waals surface area contributed by atoms with Gasteiger partial charge in [-0.15, -0.1) is 0 Å². The van der Waals surface area contributed by atoms with E-state index in [0.29, 0.717) is 31.8 Å². The summed E-state index contributed by atoms with van der Waals surface area (Å²) in [5, 5.41) is 0. The summed E-state index contributed by atoms with van der Waals surface area (Å²) in [5.41, 5.74) is 3.48. The zero-order chi connectivity index (χ0) is 23.5. The summed E-state index contributed by atoms with van der Waals surface area (Å²) < 4.78 is 11.1. The van der Waals surface area contributed by atoms with E-state index < -0.39 is 0 Å². The van der Waals surface area contributed by atoms with Crippen LogP contribution < -0.4 is 14.4 Å². The third-order valence-corrected chi connectivity index (χ3v) is 6.33. The molecular weight excluding hydrogens is 428 g/mol. The number of carbonyl (C=O) groups is 2. The second-order valence-corrected chi connectivity index (χ2v) is 8.78. The Kier molecular flexibility index (Phi) is 6.21. The highest BCUT2D eigenvalue weighted by atomic mass is 16.5. The van der Waals surface area contributed by atoms with Crippen molar-refractivity contribution < 1.29 is 19.1 Å². The van der Waals surface area contributed by atoms with Gasteiger partial charge in [0.15, 0.2) is 0 Å². The molecule has 0 atom stereocenters. The van der Waals surface area contributed by atoms with Crippen LogP contribution in [0.1, 0.15) is 34.3 Å². The first-order valence-electron chi connectivity index (χ1n) is 11.7. The molecule has 34 heavy (non-hydrogen) atoms. The summed E-state index contributed by atoms with van der Waals surface area (Å²) in [4.78, 5) is 29.9. The number of carbonyl (C=O) groups excluding carboxylic acids is 2. The first-order chi connectivity index (χ1) is 16.6. The first-order valence-corrected chi connectivity index (χ1v) is 11.7. The van der Waals surface area contributed by atoms with Gasteiger partial charge < -0.3 is 19.3 Å². The highest BCUT2D eigenvalue weighted by Gasteiger charge is 2.34. The van der Waals surface area contributed by atoms with Crippen LogP contribution >= 0.6 is 0 Å². The Labute approximate surface area is 199 Å². The molecule has 3 aromatic rings. The van der Waals surface area contributed by atoms with Crippen molar-refractivity contribution >= 4 is 17.5 Å². The van der Waals surface area contributed by atoms with E-state index in [1.807, 2.05) is 52.3 Å². The van der Waals surface area contributed by atoms with Gasteiger partial charge in [-0.1, -0.05) is 24.3 Å². The lowest BCUT2D eigenvalue weighted by Crippen LogP contribution is -2.32. The minimum absolute atomic E-state index is 0.0423. The molecule has 2 aliphatic rings. The van der Waals surface area contributed by atoms with Crippen molar-refractivity contribution in [1.29, 1.82) is 0 Å². The average Bonchev–Trinajstić information content (AvgIpc) is 3.74. The number of anilines is 1. The van der Waals surface area contributed by atoms with E-state index in [1.54, 1.807) is 31.4 Å². The molecule has 1 saturated carbocycles. The van der Waals surface area contributed by atoms with E-state index in [2.05, 4.69) is 6.07 Å². The van der Waals surface area contributed by atoms with Crippen molar-refractivity contribution in [2.45, 2.75) is 25.9 Å². The van der Waals surface area contributed by atoms with E-state index in [4.69, 9.17) is 9.47 Å². The summed E-state index contributed by atoms with van der Waals surface area (Å²) in [5.74, 6) is 1.76. The maximum absolute atomic E-state index is 13.2. The fourth-order valence-corrected chi connectivity index (χ4v) is 4.27. The van der Waals surface area contributed by atoms with Crippen LogP contribution in [-0.2, 0) is 17.9 Å². The minimum atomic E-state index is -0.0423. The van der Waals surface area contributed by atoms with Gasteiger partial charge in [-0.2, -0.15) is 0 Å². The number of ether oxygens (including phenoxy) is 2. The molecule has 1 aliphatic carbocycles. The summed E-state index contributed by atoms with van der Waals surface area (Å²) in [7, 11) is 1.61. The maximum Gasteiger partial charge on any atom is 0.254 e. The fraction of sp³-hybridized carbons (Fsp3) is 0.286. The quantitative estimate of drug-likeness (QED) is 0.541. The van der Waals surface area contributed by atoms with Crippen LogP contribution in [0.4, 0.5) is 5.69 Å².